The first kappa shape index (κ1) is 13.9. The monoisotopic (exact) mass is 302 g/mol. The van der Waals surface area contributed by atoms with E-state index in [1.165, 1.54) is 5.57 Å². The first-order valence-corrected chi connectivity index (χ1v) is 7.90. The van der Waals surface area contributed by atoms with Gasteiger partial charge in [-0.15, -0.1) is 5.10 Å². The number of rotatable bonds is 3. The maximum absolute atomic E-state index is 4.84. The van der Waals surface area contributed by atoms with Gasteiger partial charge in [0.2, 0.25) is 0 Å². The van der Waals surface area contributed by atoms with Crippen molar-refractivity contribution in [3.05, 3.63) is 72.6 Å². The predicted octanol–water partition coefficient (Wildman–Crippen LogP) is 3.31. The van der Waals surface area contributed by atoms with Gasteiger partial charge in [-0.05, 0) is 30.7 Å². The molecule has 114 valence electrons. The van der Waals surface area contributed by atoms with E-state index in [1.807, 2.05) is 53.2 Å². The summed E-state index contributed by atoms with van der Waals surface area (Å²) in [6, 6.07) is 20.3. The van der Waals surface area contributed by atoms with E-state index < -0.39 is 0 Å². The van der Waals surface area contributed by atoms with Crippen LogP contribution in [0.25, 0.3) is 22.6 Å². The molecular formula is C19H18N4. The fourth-order valence-corrected chi connectivity index (χ4v) is 2.80. The third kappa shape index (κ3) is 2.81. The van der Waals surface area contributed by atoms with Crippen LogP contribution in [0, 0.1) is 0 Å². The second kappa shape index (κ2) is 6.18. The number of nitrogens with one attached hydrogen (secondary N) is 1. The molecule has 4 rings (SSSR count). The van der Waals surface area contributed by atoms with Gasteiger partial charge in [0.1, 0.15) is 0 Å². The van der Waals surface area contributed by atoms with Crippen LogP contribution < -0.4 is 5.32 Å². The van der Waals surface area contributed by atoms with Crippen molar-refractivity contribution in [1.29, 1.82) is 0 Å². The number of aromatic nitrogens is 3. The molecular weight excluding hydrogens is 284 g/mol. The van der Waals surface area contributed by atoms with Crippen molar-refractivity contribution < 1.29 is 0 Å². The zero-order valence-corrected chi connectivity index (χ0v) is 12.8. The van der Waals surface area contributed by atoms with Gasteiger partial charge in [-0.3, -0.25) is 0 Å². The fraction of sp³-hybridized carbons (Fsp3) is 0.158. The van der Waals surface area contributed by atoms with Crippen LogP contribution in [0.5, 0.6) is 0 Å². The maximum atomic E-state index is 4.84. The van der Waals surface area contributed by atoms with Crippen molar-refractivity contribution in [2.45, 2.75) is 6.42 Å². The molecule has 1 N–H and O–H groups in total. The van der Waals surface area contributed by atoms with Crippen molar-refractivity contribution in [1.82, 2.24) is 20.1 Å². The van der Waals surface area contributed by atoms with E-state index in [0.29, 0.717) is 0 Å². The lowest BCUT2D eigenvalue weighted by molar-refractivity contribution is 0.729. The van der Waals surface area contributed by atoms with E-state index in [1.54, 1.807) is 0 Å². The summed E-state index contributed by atoms with van der Waals surface area (Å²) in [5, 5.41) is 8.12. The highest BCUT2D eigenvalue weighted by molar-refractivity contribution is 5.66. The smallest absolute Gasteiger partial charge is 0.182 e. The van der Waals surface area contributed by atoms with Crippen molar-refractivity contribution >= 4 is 5.57 Å². The van der Waals surface area contributed by atoms with E-state index in [9.17, 15) is 0 Å². The van der Waals surface area contributed by atoms with E-state index in [4.69, 9.17) is 10.1 Å². The maximum Gasteiger partial charge on any atom is 0.182 e. The van der Waals surface area contributed by atoms with Crippen LogP contribution in [0.1, 0.15) is 12.2 Å². The fourth-order valence-electron chi connectivity index (χ4n) is 2.80. The number of para-hydroxylation sites is 1. The van der Waals surface area contributed by atoms with Crippen LogP contribution in [-0.2, 0) is 0 Å². The number of benzene rings is 2. The first-order valence-electron chi connectivity index (χ1n) is 7.90. The molecule has 0 saturated carbocycles. The molecule has 0 saturated heterocycles. The van der Waals surface area contributed by atoms with Crippen LogP contribution in [0.3, 0.4) is 0 Å². The SMILES string of the molecule is C1=C(c2nc(-c3ccccc3)nn2-c2ccccc2)CCNC1. The molecule has 0 spiro atoms. The minimum absolute atomic E-state index is 0.767. The Kier molecular flexibility index (Phi) is 3.74. The van der Waals surface area contributed by atoms with Crippen molar-refractivity contribution in [2.75, 3.05) is 13.1 Å². The Morgan fingerprint density at radius 3 is 2.35 bits per heavy atom. The predicted molar refractivity (Wildman–Crippen MR) is 92.3 cm³/mol. The van der Waals surface area contributed by atoms with Crippen molar-refractivity contribution in [2.24, 2.45) is 0 Å². The third-order valence-electron chi connectivity index (χ3n) is 3.99. The normalized spacial score (nSPS) is 14.5. The summed E-state index contributed by atoms with van der Waals surface area (Å²) in [4.78, 5) is 4.84. The molecule has 2 heterocycles. The van der Waals surface area contributed by atoms with E-state index in [2.05, 4.69) is 23.5 Å². The summed E-state index contributed by atoms with van der Waals surface area (Å²) in [7, 11) is 0. The third-order valence-corrected chi connectivity index (χ3v) is 3.99. The minimum Gasteiger partial charge on any atom is -0.313 e. The molecule has 0 unspecified atom stereocenters. The molecule has 0 bridgehead atoms. The lowest BCUT2D eigenvalue weighted by atomic mass is 10.1. The highest BCUT2D eigenvalue weighted by Gasteiger charge is 2.17. The summed E-state index contributed by atoms with van der Waals surface area (Å²) < 4.78 is 1.96. The molecule has 4 heteroatoms. The Hall–Kier alpha value is -2.72. The number of nitrogens with zero attached hydrogens (tertiary/aromatic N) is 3. The Morgan fingerprint density at radius 1 is 0.913 bits per heavy atom. The standard InChI is InChI=1S/C19H18N4/c1-3-7-15(8-4-1)18-21-19(16-11-13-20-14-12-16)23(22-18)17-9-5-2-6-10-17/h1-11,20H,12-14H2. The Balaban J connectivity index is 1.86. The van der Waals surface area contributed by atoms with Gasteiger partial charge >= 0.3 is 0 Å². The quantitative estimate of drug-likeness (QED) is 0.807. The van der Waals surface area contributed by atoms with E-state index in [-0.39, 0.29) is 0 Å². The molecule has 4 nitrogen and oxygen atoms in total. The van der Waals surface area contributed by atoms with Crippen LogP contribution in [0.15, 0.2) is 66.7 Å². The molecule has 0 radical (unpaired) electrons. The molecule has 2 aromatic carbocycles. The lowest BCUT2D eigenvalue weighted by Gasteiger charge is -2.14. The number of hydrogen-bond donors (Lipinski definition) is 1. The largest absolute Gasteiger partial charge is 0.313 e. The van der Waals surface area contributed by atoms with Gasteiger partial charge in [0.25, 0.3) is 0 Å². The zero-order chi connectivity index (χ0) is 15.5. The van der Waals surface area contributed by atoms with Gasteiger partial charge in [-0.1, -0.05) is 54.6 Å². The summed E-state index contributed by atoms with van der Waals surface area (Å²) >= 11 is 0. The second-order valence-electron chi connectivity index (χ2n) is 5.56. The van der Waals surface area contributed by atoms with Crippen LogP contribution >= 0.6 is 0 Å². The molecule has 0 atom stereocenters. The summed E-state index contributed by atoms with van der Waals surface area (Å²) in [6.45, 7) is 1.87. The van der Waals surface area contributed by atoms with Gasteiger partial charge in [0.05, 0.1) is 5.69 Å². The zero-order valence-electron chi connectivity index (χ0n) is 12.8. The summed E-state index contributed by atoms with van der Waals surface area (Å²) in [5.41, 5.74) is 3.33. The average Bonchev–Trinajstić information content (AvgIpc) is 3.09. The lowest BCUT2D eigenvalue weighted by Crippen LogP contribution is -2.21. The molecule has 0 fully saturated rings. The minimum atomic E-state index is 0.767. The highest BCUT2D eigenvalue weighted by Crippen LogP contribution is 2.24. The Morgan fingerprint density at radius 2 is 1.65 bits per heavy atom. The Bertz CT molecular complexity index is 819. The van der Waals surface area contributed by atoms with Crippen LogP contribution in [-0.4, -0.2) is 27.9 Å². The first-order chi connectivity index (χ1) is 11.4. The van der Waals surface area contributed by atoms with Gasteiger partial charge in [0.15, 0.2) is 11.6 Å². The molecule has 1 aliphatic heterocycles. The molecule has 1 aromatic heterocycles. The van der Waals surface area contributed by atoms with Crippen LogP contribution in [0.4, 0.5) is 0 Å². The molecule has 1 aliphatic rings. The van der Waals surface area contributed by atoms with Gasteiger partial charge in [0, 0.05) is 12.1 Å². The van der Waals surface area contributed by atoms with Crippen molar-refractivity contribution in [3.8, 4) is 17.1 Å². The molecule has 0 aliphatic carbocycles. The topological polar surface area (TPSA) is 42.7 Å². The average molecular weight is 302 g/mol. The van der Waals surface area contributed by atoms with Crippen molar-refractivity contribution in [3.63, 3.8) is 0 Å². The van der Waals surface area contributed by atoms with E-state index in [0.717, 1.165) is 42.4 Å². The molecule has 0 amide bonds. The highest BCUT2D eigenvalue weighted by atomic mass is 15.4. The summed E-state index contributed by atoms with van der Waals surface area (Å²) in [6.07, 6.45) is 3.18. The van der Waals surface area contributed by atoms with Gasteiger partial charge < -0.3 is 5.32 Å². The van der Waals surface area contributed by atoms with E-state index >= 15 is 0 Å². The van der Waals surface area contributed by atoms with Gasteiger partial charge in [-0.25, -0.2) is 9.67 Å². The molecule has 23 heavy (non-hydrogen) atoms. The number of hydrogen-bond acceptors (Lipinski definition) is 3. The molecule has 3 aromatic rings. The summed E-state index contributed by atoms with van der Waals surface area (Å²) in [5.74, 6) is 1.71. The van der Waals surface area contributed by atoms with Crippen LogP contribution in [0.2, 0.25) is 0 Å². The van der Waals surface area contributed by atoms with Gasteiger partial charge in [-0.2, -0.15) is 0 Å². The second-order valence-corrected chi connectivity index (χ2v) is 5.56. The Labute approximate surface area is 135 Å².